The SMILES string of the molecule is CC1(C)C[C@H](c2ccc3cc(CN4CC[C@H](Oc5ccc6c(c5)CN([C@H]5CCCNC5)C6=O)C4)ncc3c2)CCO1. The smallest absolute Gasteiger partial charge is 0.254 e. The van der Waals surface area contributed by atoms with E-state index in [1.807, 2.05) is 23.2 Å². The Hall–Kier alpha value is -3.00. The summed E-state index contributed by atoms with van der Waals surface area (Å²) in [6, 6.07) is 15.5. The maximum Gasteiger partial charge on any atom is 0.254 e. The van der Waals surface area contributed by atoms with E-state index in [2.05, 4.69) is 54.4 Å². The van der Waals surface area contributed by atoms with Gasteiger partial charge in [-0.2, -0.15) is 0 Å². The van der Waals surface area contributed by atoms with Gasteiger partial charge in [0.15, 0.2) is 0 Å². The van der Waals surface area contributed by atoms with Gasteiger partial charge in [-0.15, -0.1) is 0 Å². The number of benzene rings is 2. The van der Waals surface area contributed by atoms with Crippen LogP contribution in [-0.4, -0.2) is 71.2 Å². The van der Waals surface area contributed by atoms with Crippen molar-refractivity contribution in [2.24, 2.45) is 0 Å². The molecule has 0 unspecified atom stereocenters. The minimum Gasteiger partial charge on any atom is -0.489 e. The van der Waals surface area contributed by atoms with Crippen molar-refractivity contribution in [1.29, 1.82) is 0 Å². The van der Waals surface area contributed by atoms with Crippen LogP contribution in [0.2, 0.25) is 0 Å². The second kappa shape index (κ2) is 11.0. The summed E-state index contributed by atoms with van der Waals surface area (Å²) in [5.74, 6) is 1.59. The summed E-state index contributed by atoms with van der Waals surface area (Å²) < 4.78 is 12.4. The summed E-state index contributed by atoms with van der Waals surface area (Å²) in [4.78, 5) is 22.3. The molecule has 0 bridgehead atoms. The summed E-state index contributed by atoms with van der Waals surface area (Å²) in [6.45, 7) is 10.6. The van der Waals surface area contributed by atoms with Gasteiger partial charge in [-0.25, -0.2) is 0 Å². The van der Waals surface area contributed by atoms with E-state index in [1.165, 1.54) is 16.3 Å². The molecule has 3 saturated heterocycles. The Morgan fingerprint density at radius 2 is 2.02 bits per heavy atom. The number of carbonyl (C=O) groups is 1. The predicted octanol–water partition coefficient (Wildman–Crippen LogP) is 5.27. The average molecular weight is 555 g/mol. The van der Waals surface area contributed by atoms with Gasteiger partial charge in [0, 0.05) is 62.5 Å². The topological polar surface area (TPSA) is 66.9 Å². The van der Waals surface area contributed by atoms with E-state index in [-0.39, 0.29) is 17.6 Å². The standard InChI is InChI=1S/C34H42N4O3/c1-34(2)17-25(10-13-40-34)23-5-6-24-15-28(36-18-26(24)14-23)21-37-12-9-31(22-37)41-30-7-8-32-27(16-30)20-38(33(32)39)29-4-3-11-35-19-29/h5-8,14-16,18,25,29,31,35H,3-4,9-13,17,19-22H2,1-2H3/t25-,29+,31+/m1/s1. The van der Waals surface area contributed by atoms with Gasteiger partial charge in [-0.1, -0.05) is 12.1 Å². The second-order valence-corrected chi connectivity index (χ2v) is 13.1. The minimum atomic E-state index is -0.0511. The van der Waals surface area contributed by atoms with Gasteiger partial charge in [0.2, 0.25) is 0 Å². The van der Waals surface area contributed by atoms with Crippen LogP contribution in [0.15, 0.2) is 48.7 Å². The lowest BCUT2D eigenvalue weighted by atomic mass is 9.83. The molecule has 0 spiro atoms. The number of hydrogen-bond donors (Lipinski definition) is 1. The Balaban J connectivity index is 0.956. The van der Waals surface area contributed by atoms with E-state index in [9.17, 15) is 4.79 Å². The molecule has 3 aromatic rings. The van der Waals surface area contributed by atoms with Crippen LogP contribution in [0.3, 0.4) is 0 Å². The van der Waals surface area contributed by atoms with E-state index in [1.54, 1.807) is 0 Å². The third-order valence-corrected chi connectivity index (χ3v) is 9.51. The summed E-state index contributed by atoms with van der Waals surface area (Å²) in [5, 5.41) is 5.90. The predicted molar refractivity (Wildman–Crippen MR) is 160 cm³/mol. The maximum atomic E-state index is 13.0. The van der Waals surface area contributed by atoms with E-state index >= 15 is 0 Å². The summed E-state index contributed by atoms with van der Waals surface area (Å²) in [5.41, 5.74) is 4.38. The van der Waals surface area contributed by atoms with Crippen molar-refractivity contribution in [3.63, 3.8) is 0 Å². The molecule has 4 aliphatic heterocycles. The molecule has 1 N–H and O–H groups in total. The molecule has 7 rings (SSSR count). The van der Waals surface area contributed by atoms with Crippen LogP contribution in [0.1, 0.15) is 79.0 Å². The third-order valence-electron chi connectivity index (χ3n) is 9.51. The fourth-order valence-electron chi connectivity index (χ4n) is 7.31. The number of nitrogens with one attached hydrogen (secondary N) is 1. The Morgan fingerprint density at radius 3 is 2.88 bits per heavy atom. The van der Waals surface area contributed by atoms with E-state index in [0.717, 1.165) is 94.0 Å². The lowest BCUT2D eigenvalue weighted by Gasteiger charge is -2.35. The molecule has 2 aromatic carbocycles. The first-order chi connectivity index (χ1) is 19.9. The first-order valence-corrected chi connectivity index (χ1v) is 15.5. The van der Waals surface area contributed by atoms with Crippen LogP contribution in [0.25, 0.3) is 10.8 Å². The maximum absolute atomic E-state index is 13.0. The van der Waals surface area contributed by atoms with Crippen molar-refractivity contribution in [3.05, 3.63) is 71.0 Å². The zero-order valence-electron chi connectivity index (χ0n) is 24.4. The second-order valence-electron chi connectivity index (χ2n) is 13.1. The number of aromatic nitrogens is 1. The molecule has 1 amide bonds. The number of rotatable bonds is 6. The molecule has 3 atom stereocenters. The molecule has 0 saturated carbocycles. The molecule has 7 heteroatoms. The quantitative estimate of drug-likeness (QED) is 0.448. The lowest BCUT2D eigenvalue weighted by molar-refractivity contribution is -0.0592. The molecule has 7 nitrogen and oxygen atoms in total. The summed E-state index contributed by atoms with van der Waals surface area (Å²) >= 11 is 0. The van der Waals surface area contributed by atoms with E-state index in [0.29, 0.717) is 18.5 Å². The Labute approximate surface area is 243 Å². The normalized spacial score (nSPS) is 26.4. The number of likely N-dealkylation sites (tertiary alicyclic amines) is 1. The highest BCUT2D eigenvalue weighted by Gasteiger charge is 2.34. The molecule has 0 aliphatic carbocycles. The number of hydrogen-bond acceptors (Lipinski definition) is 6. The molecule has 1 aromatic heterocycles. The molecule has 41 heavy (non-hydrogen) atoms. The van der Waals surface area contributed by atoms with Crippen LogP contribution in [-0.2, 0) is 17.8 Å². The van der Waals surface area contributed by atoms with Gasteiger partial charge in [0.25, 0.3) is 5.91 Å². The molecule has 0 radical (unpaired) electrons. The lowest BCUT2D eigenvalue weighted by Crippen LogP contribution is -2.46. The van der Waals surface area contributed by atoms with Crippen molar-refractivity contribution >= 4 is 16.7 Å². The number of pyridine rings is 1. The van der Waals surface area contributed by atoms with Gasteiger partial charge in [0.05, 0.1) is 11.3 Å². The van der Waals surface area contributed by atoms with Gasteiger partial charge in [-0.05, 0) is 105 Å². The molecular formula is C34H42N4O3. The van der Waals surface area contributed by atoms with Gasteiger partial charge in [0.1, 0.15) is 11.9 Å². The van der Waals surface area contributed by atoms with Crippen molar-refractivity contribution in [2.45, 2.75) is 82.7 Å². The number of nitrogens with zero attached hydrogens (tertiary/aromatic N) is 3. The molecule has 5 heterocycles. The number of piperidine rings is 1. The number of ether oxygens (including phenoxy) is 2. The largest absolute Gasteiger partial charge is 0.489 e. The molecular weight excluding hydrogens is 512 g/mol. The fourth-order valence-corrected chi connectivity index (χ4v) is 7.31. The number of amides is 1. The molecule has 3 fully saturated rings. The monoisotopic (exact) mass is 554 g/mol. The Kier molecular flexibility index (Phi) is 7.21. The minimum absolute atomic E-state index is 0.0511. The van der Waals surface area contributed by atoms with E-state index in [4.69, 9.17) is 14.5 Å². The first-order valence-electron chi connectivity index (χ1n) is 15.5. The summed E-state index contributed by atoms with van der Waals surface area (Å²) in [6.07, 6.45) is 7.53. The molecule has 216 valence electrons. The van der Waals surface area contributed by atoms with Crippen LogP contribution in [0, 0.1) is 0 Å². The highest BCUT2D eigenvalue weighted by Crippen LogP contribution is 2.37. The van der Waals surface area contributed by atoms with Crippen LogP contribution < -0.4 is 10.1 Å². The summed E-state index contributed by atoms with van der Waals surface area (Å²) in [7, 11) is 0. The fraction of sp³-hybridized carbons (Fsp3) is 0.529. The number of carbonyl (C=O) groups excluding carboxylic acids is 1. The third kappa shape index (κ3) is 5.72. The van der Waals surface area contributed by atoms with Crippen LogP contribution in [0.5, 0.6) is 5.75 Å². The van der Waals surface area contributed by atoms with E-state index < -0.39 is 0 Å². The van der Waals surface area contributed by atoms with Crippen molar-refractivity contribution in [3.8, 4) is 5.75 Å². The van der Waals surface area contributed by atoms with Crippen molar-refractivity contribution in [1.82, 2.24) is 20.1 Å². The van der Waals surface area contributed by atoms with Gasteiger partial charge in [-0.3, -0.25) is 14.7 Å². The highest BCUT2D eigenvalue weighted by atomic mass is 16.5. The average Bonchev–Trinajstić information content (AvgIpc) is 3.55. The molecule has 4 aliphatic rings. The van der Waals surface area contributed by atoms with Gasteiger partial charge >= 0.3 is 0 Å². The van der Waals surface area contributed by atoms with Crippen molar-refractivity contribution in [2.75, 3.05) is 32.8 Å². The highest BCUT2D eigenvalue weighted by molar-refractivity contribution is 5.98. The first kappa shape index (κ1) is 26.9. The van der Waals surface area contributed by atoms with Crippen molar-refractivity contribution < 1.29 is 14.3 Å². The zero-order chi connectivity index (χ0) is 28.0. The zero-order valence-corrected chi connectivity index (χ0v) is 24.4. The Bertz CT molecular complexity index is 1430. The Morgan fingerprint density at radius 1 is 1.10 bits per heavy atom. The van der Waals surface area contributed by atoms with Crippen LogP contribution in [0.4, 0.5) is 0 Å². The van der Waals surface area contributed by atoms with Crippen LogP contribution >= 0.6 is 0 Å². The van der Waals surface area contributed by atoms with Gasteiger partial charge < -0.3 is 19.7 Å². The number of fused-ring (bicyclic) bond motifs is 2.